The molecule has 0 aromatic rings. The summed E-state index contributed by atoms with van der Waals surface area (Å²) in [5, 5.41) is 0. The molecule has 2 saturated heterocycles. The number of hydrogen-bond acceptors (Lipinski definition) is 2. The summed E-state index contributed by atoms with van der Waals surface area (Å²) in [6.45, 7) is 1.34. The first-order valence-corrected chi connectivity index (χ1v) is 6.56. The van der Waals surface area contributed by atoms with Gasteiger partial charge >= 0.3 is 0 Å². The van der Waals surface area contributed by atoms with Crippen LogP contribution >= 0.6 is 11.8 Å². The third-order valence-electron chi connectivity index (χ3n) is 3.40. The third-order valence-corrected chi connectivity index (χ3v) is 3.99. The summed E-state index contributed by atoms with van der Waals surface area (Å²) in [4.78, 5) is 2.78. The molecule has 0 aromatic heterocycles. The molecule has 0 aliphatic carbocycles. The molecular formula is C10H19NS. The van der Waals surface area contributed by atoms with E-state index in [1.165, 1.54) is 44.4 Å². The highest BCUT2D eigenvalue weighted by Gasteiger charge is 2.35. The van der Waals surface area contributed by atoms with Gasteiger partial charge in [0.25, 0.3) is 0 Å². The smallest absolute Gasteiger partial charge is 0.00991 e. The molecule has 2 heteroatoms. The quantitative estimate of drug-likeness (QED) is 0.664. The van der Waals surface area contributed by atoms with Crippen LogP contribution in [-0.4, -0.2) is 35.5 Å². The molecule has 0 N–H and O–H groups in total. The SMILES string of the molecule is CSCCN1C2CCCC1CC2. The number of hydrogen-bond donors (Lipinski definition) is 0. The Hall–Kier alpha value is 0.310. The third kappa shape index (κ3) is 1.64. The van der Waals surface area contributed by atoms with Crippen LogP contribution in [0, 0.1) is 0 Å². The van der Waals surface area contributed by atoms with Gasteiger partial charge in [0, 0.05) is 24.4 Å². The number of rotatable bonds is 3. The topological polar surface area (TPSA) is 3.24 Å². The predicted octanol–water partition coefficient (Wildman–Crippen LogP) is 2.37. The Labute approximate surface area is 79.9 Å². The van der Waals surface area contributed by atoms with Crippen LogP contribution in [0.25, 0.3) is 0 Å². The van der Waals surface area contributed by atoms with Crippen molar-refractivity contribution in [3.63, 3.8) is 0 Å². The fraction of sp³-hybridized carbons (Fsp3) is 1.00. The first-order valence-electron chi connectivity index (χ1n) is 5.16. The van der Waals surface area contributed by atoms with Crippen molar-refractivity contribution in [2.75, 3.05) is 18.6 Å². The van der Waals surface area contributed by atoms with Crippen LogP contribution in [-0.2, 0) is 0 Å². The molecule has 0 saturated carbocycles. The van der Waals surface area contributed by atoms with E-state index < -0.39 is 0 Å². The maximum absolute atomic E-state index is 2.78. The Morgan fingerprint density at radius 3 is 2.42 bits per heavy atom. The highest BCUT2D eigenvalue weighted by atomic mass is 32.2. The first-order chi connectivity index (χ1) is 5.92. The van der Waals surface area contributed by atoms with Crippen LogP contribution in [0.2, 0.25) is 0 Å². The van der Waals surface area contributed by atoms with Gasteiger partial charge in [0.2, 0.25) is 0 Å². The Morgan fingerprint density at radius 2 is 1.83 bits per heavy atom. The summed E-state index contributed by atoms with van der Waals surface area (Å²) in [6, 6.07) is 1.94. The van der Waals surface area contributed by atoms with E-state index in [0.717, 1.165) is 12.1 Å². The lowest BCUT2D eigenvalue weighted by molar-refractivity contribution is 0.150. The average molecular weight is 185 g/mol. The van der Waals surface area contributed by atoms with E-state index in [2.05, 4.69) is 11.2 Å². The normalized spacial score (nSPS) is 35.8. The molecule has 2 bridgehead atoms. The Bertz CT molecular complexity index is 133. The zero-order chi connectivity index (χ0) is 8.39. The summed E-state index contributed by atoms with van der Waals surface area (Å²) in [5.41, 5.74) is 0. The van der Waals surface area contributed by atoms with Gasteiger partial charge in [0.1, 0.15) is 0 Å². The van der Waals surface area contributed by atoms with Gasteiger partial charge in [-0.1, -0.05) is 6.42 Å². The van der Waals surface area contributed by atoms with Crippen molar-refractivity contribution in [2.24, 2.45) is 0 Å². The number of piperidine rings is 1. The van der Waals surface area contributed by atoms with Gasteiger partial charge < -0.3 is 0 Å². The minimum absolute atomic E-state index is 0.968. The van der Waals surface area contributed by atoms with Gasteiger partial charge in [-0.25, -0.2) is 0 Å². The zero-order valence-corrected chi connectivity index (χ0v) is 8.78. The molecule has 0 amide bonds. The van der Waals surface area contributed by atoms with Crippen LogP contribution < -0.4 is 0 Å². The van der Waals surface area contributed by atoms with E-state index in [-0.39, 0.29) is 0 Å². The van der Waals surface area contributed by atoms with Crippen LogP contribution in [0.1, 0.15) is 32.1 Å². The predicted molar refractivity (Wildman–Crippen MR) is 55.7 cm³/mol. The van der Waals surface area contributed by atoms with Crippen molar-refractivity contribution in [3.8, 4) is 0 Å². The van der Waals surface area contributed by atoms with Crippen molar-refractivity contribution in [2.45, 2.75) is 44.2 Å². The molecule has 0 spiro atoms. The number of thioether (sulfide) groups is 1. The lowest BCUT2D eigenvalue weighted by atomic mass is 10.0. The van der Waals surface area contributed by atoms with Gasteiger partial charge in [-0.3, -0.25) is 4.90 Å². The summed E-state index contributed by atoms with van der Waals surface area (Å²) in [7, 11) is 0. The molecular weight excluding hydrogens is 166 g/mol. The Morgan fingerprint density at radius 1 is 1.17 bits per heavy atom. The molecule has 2 aliphatic heterocycles. The van der Waals surface area contributed by atoms with E-state index >= 15 is 0 Å². The van der Waals surface area contributed by atoms with E-state index in [4.69, 9.17) is 0 Å². The van der Waals surface area contributed by atoms with E-state index in [0.29, 0.717) is 0 Å². The molecule has 70 valence electrons. The highest BCUT2D eigenvalue weighted by molar-refractivity contribution is 7.98. The molecule has 2 atom stereocenters. The van der Waals surface area contributed by atoms with Crippen LogP contribution in [0.3, 0.4) is 0 Å². The van der Waals surface area contributed by atoms with Gasteiger partial charge in [0.15, 0.2) is 0 Å². The van der Waals surface area contributed by atoms with Crippen molar-refractivity contribution >= 4 is 11.8 Å². The van der Waals surface area contributed by atoms with E-state index in [1.54, 1.807) is 0 Å². The maximum Gasteiger partial charge on any atom is 0.00991 e. The maximum atomic E-state index is 2.78. The monoisotopic (exact) mass is 185 g/mol. The van der Waals surface area contributed by atoms with Crippen LogP contribution in [0.4, 0.5) is 0 Å². The van der Waals surface area contributed by atoms with Gasteiger partial charge in [-0.15, -0.1) is 0 Å². The molecule has 2 aliphatic rings. The minimum atomic E-state index is 0.968. The molecule has 2 unspecified atom stereocenters. The molecule has 1 nitrogen and oxygen atoms in total. The highest BCUT2D eigenvalue weighted by Crippen LogP contribution is 2.35. The minimum Gasteiger partial charge on any atom is -0.297 e. The van der Waals surface area contributed by atoms with Gasteiger partial charge in [-0.05, 0) is 31.9 Å². The second-order valence-electron chi connectivity index (χ2n) is 4.05. The molecule has 0 aromatic carbocycles. The Balaban J connectivity index is 1.87. The molecule has 2 rings (SSSR count). The number of nitrogens with zero attached hydrogens (tertiary/aromatic N) is 1. The standard InChI is InChI=1S/C10H19NS/c1-12-8-7-11-9-3-2-4-10(11)6-5-9/h9-10H,2-8H2,1H3. The van der Waals surface area contributed by atoms with Crippen LogP contribution in [0.5, 0.6) is 0 Å². The molecule has 0 radical (unpaired) electrons. The molecule has 12 heavy (non-hydrogen) atoms. The number of fused-ring (bicyclic) bond motifs is 2. The fourth-order valence-electron chi connectivity index (χ4n) is 2.79. The first kappa shape index (κ1) is 8.89. The second kappa shape index (κ2) is 4.01. The summed E-state index contributed by atoms with van der Waals surface area (Å²) in [6.07, 6.45) is 9.63. The molecule has 2 fully saturated rings. The fourth-order valence-corrected chi connectivity index (χ4v) is 3.18. The van der Waals surface area contributed by atoms with Crippen molar-refractivity contribution in [1.82, 2.24) is 4.90 Å². The van der Waals surface area contributed by atoms with Crippen molar-refractivity contribution in [1.29, 1.82) is 0 Å². The summed E-state index contributed by atoms with van der Waals surface area (Å²) < 4.78 is 0. The van der Waals surface area contributed by atoms with E-state index in [1.807, 2.05) is 11.8 Å². The average Bonchev–Trinajstić information content (AvgIpc) is 2.36. The lowest BCUT2D eigenvalue weighted by Gasteiger charge is -2.34. The lowest BCUT2D eigenvalue weighted by Crippen LogP contribution is -2.40. The van der Waals surface area contributed by atoms with E-state index in [9.17, 15) is 0 Å². The summed E-state index contributed by atoms with van der Waals surface area (Å²) in [5.74, 6) is 1.33. The van der Waals surface area contributed by atoms with Crippen molar-refractivity contribution < 1.29 is 0 Å². The Kier molecular flexibility index (Phi) is 2.97. The van der Waals surface area contributed by atoms with Crippen molar-refractivity contribution in [3.05, 3.63) is 0 Å². The summed E-state index contributed by atoms with van der Waals surface area (Å²) >= 11 is 1.99. The molecule has 2 heterocycles. The second-order valence-corrected chi connectivity index (χ2v) is 5.03. The van der Waals surface area contributed by atoms with Gasteiger partial charge in [-0.2, -0.15) is 11.8 Å². The largest absolute Gasteiger partial charge is 0.297 e. The van der Waals surface area contributed by atoms with Gasteiger partial charge in [0.05, 0.1) is 0 Å². The van der Waals surface area contributed by atoms with Crippen LogP contribution in [0.15, 0.2) is 0 Å². The zero-order valence-electron chi connectivity index (χ0n) is 7.96.